The fraction of sp³-hybridized carbons (Fsp3) is 0.500. The van der Waals surface area contributed by atoms with Gasteiger partial charge in [0.2, 0.25) is 0 Å². The van der Waals surface area contributed by atoms with E-state index in [0.717, 1.165) is 24.0 Å². The van der Waals surface area contributed by atoms with Crippen LogP contribution < -0.4 is 23.7 Å². The summed E-state index contributed by atoms with van der Waals surface area (Å²) in [6, 6.07) is 0. The first kappa shape index (κ1) is 75.6. The number of hydrogen-bond donors (Lipinski definition) is 3. The van der Waals surface area contributed by atoms with Gasteiger partial charge in [0.05, 0.1) is 22.3 Å². The van der Waals surface area contributed by atoms with Crippen molar-refractivity contribution in [3.63, 3.8) is 0 Å². The highest BCUT2D eigenvalue weighted by Crippen LogP contribution is 2.71. The largest absolute Gasteiger partial charge is 0.506 e. The number of hydrogen-bond acceptors (Lipinski definition) is 18. The molecule has 0 aromatic heterocycles. The van der Waals surface area contributed by atoms with E-state index in [-0.39, 0.29) is 81.2 Å². The Balaban J connectivity index is 0.000000201. The van der Waals surface area contributed by atoms with Gasteiger partial charge in [-0.1, -0.05) is 70.9 Å². The van der Waals surface area contributed by atoms with Crippen LogP contribution in [-0.2, 0) is 60.6 Å². The molecule has 2 aromatic rings. The number of benzene rings is 2. The zero-order valence-corrected chi connectivity index (χ0v) is 62.1. The molecular formula is C82H96O20. The second-order valence-electron chi connectivity index (χ2n) is 31.2. The zero-order chi connectivity index (χ0) is 75.3. The topological polar surface area (TPSA) is 288 Å². The number of phenols is 1. The molecule has 0 radical (unpaired) electrons. The van der Waals surface area contributed by atoms with Gasteiger partial charge in [-0.05, 0) is 186 Å². The van der Waals surface area contributed by atoms with Gasteiger partial charge in [0, 0.05) is 90.7 Å². The highest BCUT2D eigenvalue weighted by atomic mass is 16.6. The van der Waals surface area contributed by atoms with E-state index < -0.39 is 104 Å². The minimum atomic E-state index is -1.66. The molecule has 10 atom stereocenters. The summed E-state index contributed by atoms with van der Waals surface area (Å²) in [7, 11) is 0. The summed E-state index contributed by atoms with van der Waals surface area (Å²) in [5.41, 5.74) is -2.03. The molecule has 4 fully saturated rings. The van der Waals surface area contributed by atoms with Gasteiger partial charge in [-0.3, -0.25) is 33.6 Å². The molecule has 20 heteroatoms. The van der Waals surface area contributed by atoms with Gasteiger partial charge in [0.15, 0.2) is 51.3 Å². The van der Waals surface area contributed by atoms with Crippen LogP contribution in [0, 0.1) is 23.7 Å². The third kappa shape index (κ3) is 12.7. The number of Topliss-reactive ketones (excluding diaryl/α,β-unsaturated/α-hetero) is 4. The number of aliphatic carboxylic acids is 2. The molecule has 6 heterocycles. The predicted octanol–water partition coefficient (Wildman–Crippen LogP) is 14.8. The van der Waals surface area contributed by atoms with Gasteiger partial charge in [-0.15, -0.1) is 0 Å². The standard InChI is InChI=1S/C40H46O9.C38H44O8.C4H6O3/c1-21(2)11-10-16-38(9)17-15-27-32(47-38)26(13-12-22(3)4)34-30(33(27)46-24(6)41)31(42)28-19-25-20-29-37(7,8)49-39(35(25)43,40(28,29)48-34)18-14-23(5)36(44)45;1-20(2)10-9-15-36(8)16-14-24-29(39)28-30(40)26-18-23-19-27-35(6,7)46-37(33(23)41,17-13-22(5)34(42)43)38(26,27)45-32(28)25(31(24)44-36)12-11-21(3)4;1-3(5)7-4(2)6/h11-12,14-15,17,19,25,29H,10,13,16,18,20H2,1-9H3,(H,44,45);10-11,13-14,16,18,23,27,39H,9,12,15,17,19H2,1-8H3,(H,42,43);1-2H3/b23-14-;22-13-;. The molecule has 20 nitrogen and oxygen atoms in total. The number of carbonyl (C=O) groups is 9. The Morgan fingerprint density at radius 1 is 0.500 bits per heavy atom. The van der Waals surface area contributed by atoms with Crippen molar-refractivity contribution in [2.24, 2.45) is 23.7 Å². The molecule has 14 rings (SSSR count). The molecule has 6 aliphatic carbocycles. The van der Waals surface area contributed by atoms with E-state index in [0.29, 0.717) is 77.9 Å². The lowest BCUT2D eigenvalue weighted by Gasteiger charge is -2.56. The smallest absolute Gasteiger partial charge is 0.330 e. The summed E-state index contributed by atoms with van der Waals surface area (Å²) in [4.78, 5) is 114. The van der Waals surface area contributed by atoms with E-state index in [1.165, 1.54) is 57.9 Å². The van der Waals surface area contributed by atoms with Crippen LogP contribution in [0.3, 0.4) is 0 Å². The maximum absolute atomic E-state index is 15.1. The molecule has 544 valence electrons. The number of esters is 3. The van der Waals surface area contributed by atoms with Gasteiger partial charge < -0.3 is 53.2 Å². The van der Waals surface area contributed by atoms with E-state index in [4.69, 9.17) is 33.2 Å². The van der Waals surface area contributed by atoms with Gasteiger partial charge in [0.25, 0.3) is 0 Å². The number of ether oxygens (including phenoxy) is 8. The molecule has 3 N–H and O–H groups in total. The minimum absolute atomic E-state index is 0.0535. The lowest BCUT2D eigenvalue weighted by atomic mass is 9.51. The molecule has 2 saturated carbocycles. The number of carboxylic acids is 2. The molecule has 8 bridgehead atoms. The summed E-state index contributed by atoms with van der Waals surface area (Å²) >= 11 is 0. The summed E-state index contributed by atoms with van der Waals surface area (Å²) in [6.07, 6.45) is 26.7. The molecule has 0 amide bonds. The normalized spacial score (nSPS) is 29.0. The Kier molecular flexibility index (Phi) is 20.0. The summed E-state index contributed by atoms with van der Waals surface area (Å²) in [5.74, 6) is -6.11. The highest BCUT2D eigenvalue weighted by Gasteiger charge is 2.83. The van der Waals surface area contributed by atoms with Crippen LogP contribution in [0.1, 0.15) is 226 Å². The fourth-order valence-electron chi connectivity index (χ4n) is 16.8. The van der Waals surface area contributed by atoms with Crippen molar-refractivity contribution in [3.05, 3.63) is 139 Å². The Bertz CT molecular complexity index is 4330. The van der Waals surface area contributed by atoms with Gasteiger partial charge >= 0.3 is 29.8 Å². The highest BCUT2D eigenvalue weighted by molar-refractivity contribution is 6.20. The molecule has 12 aliphatic rings. The number of rotatable bonds is 17. The fourth-order valence-corrected chi connectivity index (χ4v) is 16.8. The predicted molar refractivity (Wildman–Crippen MR) is 381 cm³/mol. The maximum atomic E-state index is 15.1. The minimum Gasteiger partial charge on any atom is -0.506 e. The average molecular weight is 1400 g/mol. The molecule has 10 unspecified atom stereocenters. The lowest BCUT2D eigenvalue weighted by Crippen LogP contribution is -2.72. The van der Waals surface area contributed by atoms with E-state index in [1.54, 1.807) is 12.2 Å². The molecule has 102 heavy (non-hydrogen) atoms. The van der Waals surface area contributed by atoms with Gasteiger partial charge in [-0.2, -0.15) is 0 Å². The maximum Gasteiger partial charge on any atom is 0.330 e. The van der Waals surface area contributed by atoms with Crippen LogP contribution in [0.2, 0.25) is 0 Å². The summed E-state index contributed by atoms with van der Waals surface area (Å²) in [6.45, 7) is 34.3. The van der Waals surface area contributed by atoms with Crippen molar-refractivity contribution in [2.75, 3.05) is 0 Å². The van der Waals surface area contributed by atoms with Crippen molar-refractivity contribution in [3.8, 4) is 34.5 Å². The third-order valence-corrected chi connectivity index (χ3v) is 21.5. The van der Waals surface area contributed by atoms with E-state index in [1.807, 2.05) is 120 Å². The Labute approximate surface area is 596 Å². The van der Waals surface area contributed by atoms with E-state index >= 15 is 4.79 Å². The lowest BCUT2D eigenvalue weighted by molar-refractivity contribution is -0.172. The number of carbonyl (C=O) groups excluding carboxylic acids is 7. The zero-order valence-electron chi connectivity index (χ0n) is 62.1. The second-order valence-corrected chi connectivity index (χ2v) is 31.2. The van der Waals surface area contributed by atoms with Crippen molar-refractivity contribution < 1.29 is 96.4 Å². The van der Waals surface area contributed by atoms with E-state index in [9.17, 15) is 53.7 Å². The Morgan fingerprint density at radius 3 is 1.25 bits per heavy atom. The first-order chi connectivity index (χ1) is 47.5. The SMILES string of the molecule is CC(=O)OC(C)=O.CC(=O)Oc1c2c(c(CC=C(C)C)c3c1C(=O)C1=CC4CC5C(C)(C)OC(C/C=C(/C)C(=O)O)(C4=O)C15O3)OC(C)(CCC=C(C)C)C=C2.CC(C)=CCCC1(C)C=Cc2c(O)c3c(c(CC=C(C)C)c2O1)OC12C(=CC4CC1C(C)(C)OC2(C/C=C(/C)C(=O)O)C4=O)C3=O. The van der Waals surface area contributed by atoms with Gasteiger partial charge in [-0.25, -0.2) is 9.59 Å². The monoisotopic (exact) mass is 1400 g/mol. The number of fused-ring (bicyclic) bond motifs is 4. The first-order valence-corrected chi connectivity index (χ1v) is 35.0. The first-order valence-electron chi connectivity index (χ1n) is 35.0. The number of allylic oxidation sites excluding steroid dienone is 10. The molecule has 6 aliphatic heterocycles. The van der Waals surface area contributed by atoms with Crippen molar-refractivity contribution >= 4 is 65.1 Å². The average Bonchev–Trinajstić information content (AvgIpc) is 1.43. The molecule has 2 aromatic carbocycles. The number of aromatic hydroxyl groups is 1. The van der Waals surface area contributed by atoms with Crippen LogP contribution in [0.25, 0.3) is 12.2 Å². The van der Waals surface area contributed by atoms with Crippen molar-refractivity contribution in [1.82, 2.24) is 0 Å². The summed E-state index contributed by atoms with van der Waals surface area (Å²) < 4.78 is 51.3. The Morgan fingerprint density at radius 2 is 0.882 bits per heavy atom. The number of phenolic OH excluding ortho intramolecular Hbond substituents is 1. The Hall–Kier alpha value is -9.01. The summed E-state index contributed by atoms with van der Waals surface area (Å²) in [5, 5.41) is 31.1. The molecule has 2 saturated heterocycles. The van der Waals surface area contributed by atoms with Crippen LogP contribution in [0.5, 0.6) is 34.5 Å². The number of carboxylic acid groups (broad SMARTS) is 2. The molecular weight excluding hydrogens is 1300 g/mol. The van der Waals surface area contributed by atoms with Crippen LogP contribution in [0.15, 0.2) is 105 Å². The molecule has 2 spiro atoms. The van der Waals surface area contributed by atoms with Crippen molar-refractivity contribution in [2.45, 2.75) is 241 Å². The van der Waals surface area contributed by atoms with Crippen LogP contribution in [0.4, 0.5) is 0 Å². The second kappa shape index (κ2) is 27.0. The quantitative estimate of drug-likeness (QED) is 0.0436. The van der Waals surface area contributed by atoms with Gasteiger partial charge in [0.1, 0.15) is 51.1 Å². The third-order valence-electron chi connectivity index (χ3n) is 21.5. The van der Waals surface area contributed by atoms with E-state index in [2.05, 4.69) is 30.7 Å². The van der Waals surface area contributed by atoms with Crippen molar-refractivity contribution in [1.29, 1.82) is 0 Å². The number of ketones is 4. The van der Waals surface area contributed by atoms with Crippen LogP contribution >= 0.6 is 0 Å². The van der Waals surface area contributed by atoms with Crippen LogP contribution in [-0.4, -0.2) is 113 Å².